The molecule has 1 saturated heterocycles. The number of rotatable bonds is 5. The van der Waals surface area contributed by atoms with Crippen LogP contribution in [0.25, 0.3) is 10.9 Å². The summed E-state index contributed by atoms with van der Waals surface area (Å²) < 4.78 is 0. The molecule has 0 bridgehead atoms. The van der Waals surface area contributed by atoms with E-state index in [-0.39, 0.29) is 24.0 Å². The number of halogens is 1. The van der Waals surface area contributed by atoms with Gasteiger partial charge in [-0.25, -0.2) is 0 Å². The van der Waals surface area contributed by atoms with Gasteiger partial charge in [0.1, 0.15) is 0 Å². The number of fused-ring (bicyclic) bond motifs is 1. The molecule has 1 aromatic heterocycles. The predicted molar refractivity (Wildman–Crippen MR) is 126 cm³/mol. The number of hydrogen-bond donors (Lipinski definition) is 3. The number of aliphatic imine (C=N–C) groups is 1. The van der Waals surface area contributed by atoms with E-state index < -0.39 is 0 Å². The van der Waals surface area contributed by atoms with Crippen LogP contribution in [0.5, 0.6) is 0 Å². The number of guanidine groups is 1. The van der Waals surface area contributed by atoms with E-state index in [9.17, 15) is 0 Å². The second kappa shape index (κ2) is 10.3. The molecule has 1 aliphatic heterocycles. The third-order valence-corrected chi connectivity index (χ3v) is 5.51. The number of hydrogen-bond acceptors (Lipinski definition) is 2. The van der Waals surface area contributed by atoms with E-state index in [1.54, 1.807) is 0 Å². The molecule has 1 fully saturated rings. The minimum atomic E-state index is 0. The van der Waals surface area contributed by atoms with Crippen molar-refractivity contribution in [3.63, 3.8) is 0 Å². The molecular weight excluding hydrogens is 449 g/mol. The van der Waals surface area contributed by atoms with Crippen molar-refractivity contribution in [3.05, 3.63) is 35.5 Å². The summed E-state index contributed by atoms with van der Waals surface area (Å²) in [5.74, 6) is 0.921. The van der Waals surface area contributed by atoms with Crippen molar-refractivity contribution in [1.82, 2.24) is 20.5 Å². The Hall–Kier alpha value is -1.28. The summed E-state index contributed by atoms with van der Waals surface area (Å²) in [4.78, 5) is 10.3. The van der Waals surface area contributed by atoms with Crippen LogP contribution in [0.4, 0.5) is 0 Å². The SMILES string of the molecule is CN=C(NCCc1c[nH]c2cccc(C)c12)NC1CCN(C(C)C)CC1.I. The first-order chi connectivity index (χ1) is 12.6. The molecule has 0 saturated carbocycles. The smallest absolute Gasteiger partial charge is 0.191 e. The van der Waals surface area contributed by atoms with E-state index in [1.165, 1.54) is 48.0 Å². The second-order valence-electron chi connectivity index (χ2n) is 7.61. The lowest BCUT2D eigenvalue weighted by Gasteiger charge is -2.35. The lowest BCUT2D eigenvalue weighted by molar-refractivity contribution is 0.167. The number of benzene rings is 1. The van der Waals surface area contributed by atoms with Gasteiger partial charge in [0.25, 0.3) is 0 Å². The average molecular weight is 483 g/mol. The standard InChI is InChI=1S/C21H33N5.HI/c1-15(2)26-12-9-18(10-13-26)25-21(22-4)23-11-8-17-14-24-19-7-5-6-16(3)20(17)19;/h5-7,14-15,18,24H,8-13H2,1-4H3,(H2,22,23,25);1H. The first-order valence-corrected chi connectivity index (χ1v) is 9.85. The number of aromatic nitrogens is 1. The molecule has 150 valence electrons. The largest absolute Gasteiger partial charge is 0.361 e. The molecule has 3 N–H and O–H groups in total. The van der Waals surface area contributed by atoms with Crippen LogP contribution in [0.15, 0.2) is 29.4 Å². The van der Waals surface area contributed by atoms with Gasteiger partial charge in [0.05, 0.1) is 0 Å². The topological polar surface area (TPSA) is 55.5 Å². The Balaban J connectivity index is 0.00000261. The molecule has 0 spiro atoms. The van der Waals surface area contributed by atoms with Crippen LogP contribution in [0.3, 0.4) is 0 Å². The molecule has 27 heavy (non-hydrogen) atoms. The van der Waals surface area contributed by atoms with Crippen LogP contribution in [0, 0.1) is 6.92 Å². The highest BCUT2D eigenvalue weighted by Gasteiger charge is 2.21. The van der Waals surface area contributed by atoms with Crippen LogP contribution < -0.4 is 10.6 Å². The first kappa shape index (κ1) is 22.0. The third kappa shape index (κ3) is 5.60. The molecule has 0 atom stereocenters. The lowest BCUT2D eigenvalue weighted by atomic mass is 10.0. The Labute approximate surface area is 180 Å². The minimum Gasteiger partial charge on any atom is -0.361 e. The average Bonchev–Trinajstić information content (AvgIpc) is 3.06. The predicted octanol–water partition coefficient (Wildman–Crippen LogP) is 3.67. The maximum absolute atomic E-state index is 4.41. The number of piperidine rings is 1. The Morgan fingerprint density at radius 3 is 2.70 bits per heavy atom. The summed E-state index contributed by atoms with van der Waals surface area (Å²) in [6.45, 7) is 9.95. The van der Waals surface area contributed by atoms with Crippen LogP contribution in [-0.4, -0.2) is 54.6 Å². The van der Waals surface area contributed by atoms with Crippen LogP contribution in [0.1, 0.15) is 37.8 Å². The number of nitrogens with zero attached hydrogens (tertiary/aromatic N) is 2. The van der Waals surface area contributed by atoms with E-state index in [4.69, 9.17) is 0 Å². The van der Waals surface area contributed by atoms with Gasteiger partial charge < -0.3 is 20.5 Å². The summed E-state index contributed by atoms with van der Waals surface area (Å²) in [7, 11) is 1.86. The Morgan fingerprint density at radius 1 is 1.30 bits per heavy atom. The zero-order chi connectivity index (χ0) is 18.5. The van der Waals surface area contributed by atoms with E-state index in [1.807, 2.05) is 7.05 Å². The fourth-order valence-corrected chi connectivity index (χ4v) is 3.91. The highest BCUT2D eigenvalue weighted by molar-refractivity contribution is 14.0. The zero-order valence-electron chi connectivity index (χ0n) is 17.0. The van der Waals surface area contributed by atoms with Crippen LogP contribution in [-0.2, 0) is 6.42 Å². The molecule has 0 radical (unpaired) electrons. The summed E-state index contributed by atoms with van der Waals surface area (Å²) in [5, 5.41) is 8.44. The minimum absolute atomic E-state index is 0. The first-order valence-electron chi connectivity index (χ1n) is 9.85. The Morgan fingerprint density at radius 2 is 2.04 bits per heavy atom. The molecule has 6 heteroatoms. The normalized spacial score (nSPS) is 16.6. The quantitative estimate of drug-likeness (QED) is 0.346. The van der Waals surface area contributed by atoms with Crippen molar-refractivity contribution in [3.8, 4) is 0 Å². The van der Waals surface area contributed by atoms with Crippen LogP contribution in [0.2, 0.25) is 0 Å². The lowest BCUT2D eigenvalue weighted by Crippen LogP contribution is -2.50. The monoisotopic (exact) mass is 483 g/mol. The summed E-state index contributed by atoms with van der Waals surface area (Å²) in [6.07, 6.45) is 5.48. The van der Waals surface area contributed by atoms with Gasteiger partial charge in [-0.15, -0.1) is 24.0 Å². The van der Waals surface area contributed by atoms with E-state index in [0.717, 1.165) is 18.9 Å². The molecule has 5 nitrogen and oxygen atoms in total. The van der Waals surface area contributed by atoms with Gasteiger partial charge in [0, 0.05) is 55.9 Å². The van der Waals surface area contributed by atoms with E-state index in [2.05, 4.69) is 70.7 Å². The third-order valence-electron chi connectivity index (χ3n) is 5.51. The fraction of sp³-hybridized carbons (Fsp3) is 0.571. The maximum Gasteiger partial charge on any atom is 0.191 e. The Kier molecular flexibility index (Phi) is 8.41. The van der Waals surface area contributed by atoms with Crippen LogP contribution >= 0.6 is 24.0 Å². The van der Waals surface area contributed by atoms with Gasteiger partial charge in [-0.05, 0) is 57.2 Å². The second-order valence-corrected chi connectivity index (χ2v) is 7.61. The molecule has 3 rings (SSSR count). The summed E-state index contributed by atoms with van der Waals surface area (Å²) in [6, 6.07) is 7.59. The van der Waals surface area contributed by atoms with Crippen molar-refractivity contribution < 1.29 is 0 Å². The summed E-state index contributed by atoms with van der Waals surface area (Å²) in [5.41, 5.74) is 3.92. The van der Waals surface area contributed by atoms with Crippen molar-refractivity contribution in [2.75, 3.05) is 26.7 Å². The number of aromatic amines is 1. The molecule has 0 amide bonds. The van der Waals surface area contributed by atoms with Gasteiger partial charge in [0.15, 0.2) is 5.96 Å². The number of aryl methyl sites for hydroxylation is 1. The van der Waals surface area contributed by atoms with Crippen molar-refractivity contribution in [2.45, 2.75) is 52.1 Å². The number of nitrogens with one attached hydrogen (secondary N) is 3. The van der Waals surface area contributed by atoms with Crippen molar-refractivity contribution in [2.24, 2.45) is 4.99 Å². The Bertz CT molecular complexity index is 744. The molecule has 0 aliphatic carbocycles. The molecular formula is C21H34IN5. The molecule has 0 unspecified atom stereocenters. The highest BCUT2D eigenvalue weighted by atomic mass is 127. The molecule has 1 aromatic carbocycles. The summed E-state index contributed by atoms with van der Waals surface area (Å²) >= 11 is 0. The molecule has 2 aromatic rings. The zero-order valence-corrected chi connectivity index (χ0v) is 19.3. The molecule has 2 heterocycles. The fourth-order valence-electron chi connectivity index (χ4n) is 3.91. The van der Waals surface area contributed by atoms with Crippen molar-refractivity contribution in [1.29, 1.82) is 0 Å². The van der Waals surface area contributed by atoms with E-state index >= 15 is 0 Å². The van der Waals surface area contributed by atoms with Gasteiger partial charge in [-0.1, -0.05) is 12.1 Å². The number of likely N-dealkylation sites (tertiary alicyclic amines) is 1. The van der Waals surface area contributed by atoms with Gasteiger partial charge in [0.2, 0.25) is 0 Å². The van der Waals surface area contributed by atoms with Gasteiger partial charge in [-0.3, -0.25) is 4.99 Å². The van der Waals surface area contributed by atoms with Gasteiger partial charge >= 0.3 is 0 Å². The van der Waals surface area contributed by atoms with Gasteiger partial charge in [-0.2, -0.15) is 0 Å². The van der Waals surface area contributed by atoms with Crippen molar-refractivity contribution >= 4 is 40.8 Å². The molecule has 1 aliphatic rings. The maximum atomic E-state index is 4.41. The highest BCUT2D eigenvalue weighted by Crippen LogP contribution is 2.22. The number of H-pyrrole nitrogens is 1. The van der Waals surface area contributed by atoms with E-state index in [0.29, 0.717) is 12.1 Å².